The molecule has 108 valence electrons. The second kappa shape index (κ2) is 5.98. The van der Waals surface area contributed by atoms with Crippen LogP contribution in [0.2, 0.25) is 0 Å². The van der Waals surface area contributed by atoms with E-state index in [0.29, 0.717) is 0 Å². The Labute approximate surface area is 115 Å². The molecule has 1 aliphatic rings. The highest BCUT2D eigenvalue weighted by Crippen LogP contribution is 2.25. The highest BCUT2D eigenvalue weighted by molar-refractivity contribution is 5.96. The minimum Gasteiger partial charge on any atom is -0.368 e. The number of amides is 2. The van der Waals surface area contributed by atoms with Gasteiger partial charge >= 0.3 is 0 Å². The van der Waals surface area contributed by atoms with Gasteiger partial charge in [0.25, 0.3) is 5.91 Å². The number of primary amides is 1. The molecule has 0 spiro atoms. The van der Waals surface area contributed by atoms with Crippen molar-refractivity contribution in [1.82, 2.24) is 4.90 Å². The summed E-state index contributed by atoms with van der Waals surface area (Å²) in [5.41, 5.74) is 4.78. The molecule has 1 aliphatic carbocycles. The Balaban J connectivity index is 2.29. The Morgan fingerprint density at radius 2 is 1.90 bits per heavy atom. The predicted octanol–water partition coefficient (Wildman–Crippen LogP) is 1.83. The first kappa shape index (κ1) is 14.4. The van der Waals surface area contributed by atoms with Crippen molar-refractivity contribution >= 4 is 11.8 Å². The van der Waals surface area contributed by atoms with Crippen molar-refractivity contribution in [3.05, 3.63) is 35.4 Å². The van der Waals surface area contributed by atoms with E-state index in [1.807, 2.05) is 0 Å². The van der Waals surface area contributed by atoms with Gasteiger partial charge in [0, 0.05) is 6.04 Å². The van der Waals surface area contributed by atoms with Crippen molar-refractivity contribution < 1.29 is 18.4 Å². The monoisotopic (exact) mass is 282 g/mol. The van der Waals surface area contributed by atoms with Crippen LogP contribution in [0.15, 0.2) is 18.2 Å². The Morgan fingerprint density at radius 3 is 2.50 bits per heavy atom. The molecular formula is C14H16F2N2O2. The summed E-state index contributed by atoms with van der Waals surface area (Å²) < 4.78 is 26.9. The second-order valence-electron chi connectivity index (χ2n) is 4.94. The van der Waals surface area contributed by atoms with Crippen molar-refractivity contribution in [2.75, 3.05) is 6.54 Å². The lowest BCUT2D eigenvalue weighted by Gasteiger charge is -2.28. The Morgan fingerprint density at radius 1 is 1.25 bits per heavy atom. The van der Waals surface area contributed by atoms with E-state index in [1.165, 1.54) is 17.0 Å². The third-order valence-corrected chi connectivity index (χ3v) is 3.53. The normalized spacial score (nSPS) is 15.3. The minimum absolute atomic E-state index is 0.141. The van der Waals surface area contributed by atoms with Crippen molar-refractivity contribution in [1.29, 1.82) is 0 Å². The van der Waals surface area contributed by atoms with E-state index in [1.54, 1.807) is 0 Å². The van der Waals surface area contributed by atoms with Gasteiger partial charge < -0.3 is 10.6 Å². The molecule has 0 aromatic heterocycles. The van der Waals surface area contributed by atoms with Gasteiger partial charge in [-0.1, -0.05) is 18.9 Å². The van der Waals surface area contributed by atoms with Crippen molar-refractivity contribution in [2.24, 2.45) is 5.73 Å². The first-order valence-electron chi connectivity index (χ1n) is 6.54. The first-order valence-corrected chi connectivity index (χ1v) is 6.54. The van der Waals surface area contributed by atoms with Gasteiger partial charge in [0.05, 0.1) is 12.1 Å². The van der Waals surface area contributed by atoms with Crippen LogP contribution in [0.5, 0.6) is 0 Å². The van der Waals surface area contributed by atoms with Crippen LogP contribution >= 0.6 is 0 Å². The number of rotatable bonds is 4. The van der Waals surface area contributed by atoms with Crippen LogP contribution in [0.3, 0.4) is 0 Å². The number of hydrogen-bond acceptors (Lipinski definition) is 2. The third kappa shape index (κ3) is 2.95. The SMILES string of the molecule is NC(=O)CN(C(=O)c1cccc(F)c1F)C1CCCC1. The zero-order valence-electron chi connectivity index (χ0n) is 10.9. The third-order valence-electron chi connectivity index (χ3n) is 3.53. The smallest absolute Gasteiger partial charge is 0.257 e. The number of nitrogens with zero attached hydrogens (tertiary/aromatic N) is 1. The number of hydrogen-bond donors (Lipinski definition) is 1. The standard InChI is InChI=1S/C14H16F2N2O2/c15-11-7-3-6-10(13(11)16)14(20)18(8-12(17)19)9-4-1-2-5-9/h3,6-7,9H,1-2,4-5,8H2,(H2,17,19). The van der Waals surface area contributed by atoms with Crippen LogP contribution < -0.4 is 5.73 Å². The zero-order valence-corrected chi connectivity index (χ0v) is 10.9. The first-order chi connectivity index (χ1) is 9.50. The highest BCUT2D eigenvalue weighted by atomic mass is 19.2. The quantitative estimate of drug-likeness (QED) is 0.915. The summed E-state index contributed by atoms with van der Waals surface area (Å²) in [5, 5.41) is 0. The lowest BCUT2D eigenvalue weighted by atomic mass is 10.1. The molecule has 1 aromatic rings. The van der Waals surface area contributed by atoms with E-state index >= 15 is 0 Å². The van der Waals surface area contributed by atoms with Gasteiger partial charge in [-0.3, -0.25) is 9.59 Å². The summed E-state index contributed by atoms with van der Waals surface area (Å²) in [6.45, 7) is -0.278. The fraction of sp³-hybridized carbons (Fsp3) is 0.429. The molecule has 2 amide bonds. The molecule has 1 saturated carbocycles. The molecule has 0 radical (unpaired) electrons. The fourth-order valence-electron chi connectivity index (χ4n) is 2.57. The van der Waals surface area contributed by atoms with Crippen LogP contribution in [0.1, 0.15) is 36.0 Å². The molecule has 1 aromatic carbocycles. The van der Waals surface area contributed by atoms with Crippen molar-refractivity contribution in [3.63, 3.8) is 0 Å². The number of carbonyl (C=O) groups excluding carboxylic acids is 2. The molecule has 1 fully saturated rings. The van der Waals surface area contributed by atoms with E-state index in [2.05, 4.69) is 0 Å². The molecule has 0 aliphatic heterocycles. The topological polar surface area (TPSA) is 63.4 Å². The van der Waals surface area contributed by atoms with E-state index < -0.39 is 23.4 Å². The average molecular weight is 282 g/mol. The lowest BCUT2D eigenvalue weighted by molar-refractivity contribution is -0.119. The summed E-state index contributed by atoms with van der Waals surface area (Å²) in [6, 6.07) is 3.28. The number of benzene rings is 1. The molecule has 2 rings (SSSR count). The molecule has 2 N–H and O–H groups in total. The van der Waals surface area contributed by atoms with E-state index in [-0.39, 0.29) is 18.2 Å². The Hall–Kier alpha value is -1.98. The Bertz CT molecular complexity index is 528. The maximum atomic E-state index is 13.7. The number of nitrogens with two attached hydrogens (primary N) is 1. The van der Waals surface area contributed by atoms with Crippen molar-refractivity contribution in [3.8, 4) is 0 Å². The zero-order chi connectivity index (χ0) is 14.7. The van der Waals surface area contributed by atoms with Crippen LogP contribution in [-0.4, -0.2) is 29.3 Å². The lowest BCUT2D eigenvalue weighted by Crippen LogP contribution is -2.44. The van der Waals surface area contributed by atoms with Gasteiger partial charge in [0.1, 0.15) is 0 Å². The van der Waals surface area contributed by atoms with E-state index in [9.17, 15) is 18.4 Å². The maximum absolute atomic E-state index is 13.7. The van der Waals surface area contributed by atoms with E-state index in [0.717, 1.165) is 31.7 Å². The molecular weight excluding hydrogens is 266 g/mol. The highest BCUT2D eigenvalue weighted by Gasteiger charge is 2.30. The summed E-state index contributed by atoms with van der Waals surface area (Å²) in [6.07, 6.45) is 3.38. The maximum Gasteiger partial charge on any atom is 0.257 e. The molecule has 6 heteroatoms. The number of halogens is 2. The van der Waals surface area contributed by atoms with Gasteiger partial charge in [-0.15, -0.1) is 0 Å². The molecule has 0 saturated heterocycles. The van der Waals surface area contributed by atoms with Crippen LogP contribution in [0.25, 0.3) is 0 Å². The second-order valence-corrected chi connectivity index (χ2v) is 4.94. The summed E-state index contributed by atoms with van der Waals surface area (Å²) >= 11 is 0. The van der Waals surface area contributed by atoms with Gasteiger partial charge in [-0.25, -0.2) is 8.78 Å². The van der Waals surface area contributed by atoms with Crippen molar-refractivity contribution in [2.45, 2.75) is 31.7 Å². The van der Waals surface area contributed by atoms with Crippen LogP contribution in [0, 0.1) is 11.6 Å². The van der Waals surface area contributed by atoms with Crippen LogP contribution in [-0.2, 0) is 4.79 Å². The molecule has 0 bridgehead atoms. The molecule has 0 heterocycles. The largest absolute Gasteiger partial charge is 0.368 e. The summed E-state index contributed by atoms with van der Waals surface area (Å²) in [5.74, 6) is -3.62. The summed E-state index contributed by atoms with van der Waals surface area (Å²) in [7, 11) is 0. The minimum atomic E-state index is -1.19. The molecule has 0 atom stereocenters. The van der Waals surface area contributed by atoms with Gasteiger partial charge in [-0.2, -0.15) is 0 Å². The molecule has 0 unspecified atom stereocenters. The predicted molar refractivity (Wildman–Crippen MR) is 68.8 cm³/mol. The summed E-state index contributed by atoms with van der Waals surface area (Å²) in [4.78, 5) is 24.7. The number of carbonyl (C=O) groups is 2. The van der Waals surface area contributed by atoms with Crippen LogP contribution in [0.4, 0.5) is 8.78 Å². The average Bonchev–Trinajstić information content (AvgIpc) is 2.92. The van der Waals surface area contributed by atoms with Gasteiger partial charge in [0.2, 0.25) is 5.91 Å². The molecule has 20 heavy (non-hydrogen) atoms. The van der Waals surface area contributed by atoms with Gasteiger partial charge in [-0.05, 0) is 25.0 Å². The Kier molecular flexibility index (Phi) is 4.32. The molecule has 4 nitrogen and oxygen atoms in total. The fourth-order valence-corrected chi connectivity index (χ4v) is 2.57. The van der Waals surface area contributed by atoms with E-state index in [4.69, 9.17) is 5.73 Å². The van der Waals surface area contributed by atoms with Gasteiger partial charge in [0.15, 0.2) is 11.6 Å².